The van der Waals surface area contributed by atoms with E-state index in [4.69, 9.17) is 0 Å². The van der Waals surface area contributed by atoms with Crippen LogP contribution in [0.4, 0.5) is 4.39 Å². The van der Waals surface area contributed by atoms with Gasteiger partial charge in [-0.2, -0.15) is 0 Å². The summed E-state index contributed by atoms with van der Waals surface area (Å²) < 4.78 is 14.2. The Labute approximate surface area is 123 Å². The number of thiophene rings is 2. The Morgan fingerprint density at radius 2 is 2.25 bits per heavy atom. The van der Waals surface area contributed by atoms with Gasteiger partial charge in [-0.3, -0.25) is 9.36 Å². The molecule has 0 aromatic carbocycles. The van der Waals surface area contributed by atoms with Gasteiger partial charge in [-0.05, 0) is 11.4 Å². The monoisotopic (exact) mass is 308 g/mol. The maximum atomic E-state index is 12.7. The number of fused-ring (bicyclic) bond motifs is 1. The van der Waals surface area contributed by atoms with Crippen molar-refractivity contribution >= 4 is 32.9 Å². The van der Waals surface area contributed by atoms with Crippen molar-refractivity contribution < 1.29 is 4.39 Å². The minimum atomic E-state index is -0.557. The smallest absolute Gasteiger partial charge is 0.263 e. The van der Waals surface area contributed by atoms with Crippen LogP contribution in [0.15, 0.2) is 27.7 Å². The number of nitrogens with zero attached hydrogens (tertiary/aromatic N) is 2. The molecule has 0 amide bonds. The van der Waals surface area contributed by atoms with Gasteiger partial charge in [-0.25, -0.2) is 9.37 Å². The average molecular weight is 308 g/mol. The fraction of sp³-hybridized carbons (Fsp3) is 0.286. The minimum Gasteiger partial charge on any atom is -0.293 e. The van der Waals surface area contributed by atoms with Crippen LogP contribution in [0.3, 0.4) is 0 Å². The van der Waals surface area contributed by atoms with Gasteiger partial charge in [-0.1, -0.05) is 13.0 Å². The van der Waals surface area contributed by atoms with Crippen molar-refractivity contribution in [2.24, 2.45) is 0 Å². The lowest BCUT2D eigenvalue weighted by molar-refractivity contribution is 0.432. The van der Waals surface area contributed by atoms with Gasteiger partial charge in [0.25, 0.3) is 5.56 Å². The summed E-state index contributed by atoms with van der Waals surface area (Å²) in [7, 11) is 0. The molecule has 0 bridgehead atoms. The summed E-state index contributed by atoms with van der Waals surface area (Å²) in [5.41, 5.74) is 0.780. The Kier molecular flexibility index (Phi) is 3.67. The Hall–Kier alpha value is -1.53. The quantitative estimate of drug-likeness (QED) is 0.736. The average Bonchev–Trinajstić information content (AvgIpc) is 3.09. The molecule has 3 rings (SSSR count). The van der Waals surface area contributed by atoms with Gasteiger partial charge in [0.1, 0.15) is 17.3 Å². The van der Waals surface area contributed by atoms with Crippen LogP contribution in [0.1, 0.15) is 12.7 Å². The Bertz CT molecular complexity index is 789. The van der Waals surface area contributed by atoms with E-state index in [1.807, 2.05) is 29.8 Å². The lowest BCUT2D eigenvalue weighted by Gasteiger charge is -2.09. The van der Waals surface area contributed by atoms with Crippen LogP contribution in [0, 0.1) is 0 Å². The molecule has 0 atom stereocenters. The van der Waals surface area contributed by atoms with E-state index in [0.717, 1.165) is 15.3 Å². The van der Waals surface area contributed by atoms with E-state index in [0.29, 0.717) is 17.6 Å². The molecular weight excluding hydrogens is 295 g/mol. The molecule has 0 aliphatic heterocycles. The second-order valence-corrected chi connectivity index (χ2v) is 6.14. The van der Waals surface area contributed by atoms with Crippen LogP contribution in [0.2, 0.25) is 0 Å². The summed E-state index contributed by atoms with van der Waals surface area (Å²) in [6.45, 7) is 1.44. The lowest BCUT2D eigenvalue weighted by Crippen LogP contribution is -2.25. The van der Waals surface area contributed by atoms with Gasteiger partial charge < -0.3 is 0 Å². The van der Waals surface area contributed by atoms with Crippen molar-refractivity contribution in [1.82, 2.24) is 9.55 Å². The first kappa shape index (κ1) is 13.5. The topological polar surface area (TPSA) is 34.9 Å². The van der Waals surface area contributed by atoms with Crippen molar-refractivity contribution in [3.05, 3.63) is 39.1 Å². The Morgan fingerprint density at radius 1 is 1.40 bits per heavy atom. The van der Waals surface area contributed by atoms with Crippen LogP contribution < -0.4 is 5.56 Å². The first-order chi connectivity index (χ1) is 9.76. The van der Waals surface area contributed by atoms with Crippen molar-refractivity contribution in [1.29, 1.82) is 0 Å². The second kappa shape index (κ2) is 5.46. The second-order valence-electron chi connectivity index (χ2n) is 4.33. The third-order valence-corrected chi connectivity index (χ3v) is 4.96. The molecule has 3 aromatic heterocycles. The number of hydrogen-bond acceptors (Lipinski definition) is 4. The molecule has 0 aliphatic rings. The fourth-order valence-corrected chi connectivity index (χ4v) is 4.04. The van der Waals surface area contributed by atoms with Gasteiger partial charge in [0, 0.05) is 22.2 Å². The van der Waals surface area contributed by atoms with Crippen LogP contribution in [-0.4, -0.2) is 16.2 Å². The van der Waals surface area contributed by atoms with E-state index in [1.165, 1.54) is 15.9 Å². The standard InChI is InChI=1S/C14H13FN2OS2/c1-2-11-16-13-12(14(18)17(11)6-5-15)9(8-20-13)10-4-3-7-19-10/h3-4,7-8H,2,5-6H2,1H3. The van der Waals surface area contributed by atoms with E-state index in [2.05, 4.69) is 4.98 Å². The summed E-state index contributed by atoms with van der Waals surface area (Å²) in [6, 6.07) is 3.94. The van der Waals surface area contributed by atoms with Gasteiger partial charge in [0.15, 0.2) is 0 Å². The summed E-state index contributed by atoms with van der Waals surface area (Å²) in [4.78, 5) is 19.0. The predicted octanol–water partition coefficient (Wildman–Crippen LogP) is 3.72. The molecular formula is C14H13FN2OS2. The number of aromatic nitrogens is 2. The number of rotatable bonds is 4. The van der Waals surface area contributed by atoms with Gasteiger partial charge in [0.05, 0.1) is 11.9 Å². The zero-order valence-corrected chi connectivity index (χ0v) is 12.6. The predicted molar refractivity (Wildman–Crippen MR) is 82.5 cm³/mol. The maximum Gasteiger partial charge on any atom is 0.263 e. The van der Waals surface area contributed by atoms with Crippen LogP contribution in [-0.2, 0) is 13.0 Å². The molecule has 104 valence electrons. The van der Waals surface area contributed by atoms with Crippen molar-refractivity contribution in [2.45, 2.75) is 19.9 Å². The number of alkyl halides is 1. The van der Waals surface area contributed by atoms with E-state index in [1.54, 1.807) is 11.3 Å². The molecule has 0 spiro atoms. The molecule has 3 nitrogen and oxygen atoms in total. The number of aryl methyl sites for hydroxylation is 1. The molecule has 0 radical (unpaired) electrons. The van der Waals surface area contributed by atoms with Gasteiger partial charge in [0.2, 0.25) is 0 Å². The zero-order chi connectivity index (χ0) is 14.1. The molecule has 3 heterocycles. The van der Waals surface area contributed by atoms with Crippen molar-refractivity contribution in [3.63, 3.8) is 0 Å². The third-order valence-electron chi connectivity index (χ3n) is 3.18. The van der Waals surface area contributed by atoms with E-state index in [9.17, 15) is 9.18 Å². The molecule has 3 aromatic rings. The summed E-state index contributed by atoms with van der Waals surface area (Å²) in [5.74, 6) is 0.653. The summed E-state index contributed by atoms with van der Waals surface area (Å²) >= 11 is 3.06. The molecule has 0 aliphatic carbocycles. The molecule has 6 heteroatoms. The zero-order valence-electron chi connectivity index (χ0n) is 10.9. The normalized spacial score (nSPS) is 11.3. The SMILES string of the molecule is CCc1nc2scc(-c3cccs3)c2c(=O)n1CCF. The highest BCUT2D eigenvalue weighted by molar-refractivity contribution is 7.18. The van der Waals surface area contributed by atoms with Crippen LogP contribution >= 0.6 is 22.7 Å². The van der Waals surface area contributed by atoms with Crippen molar-refractivity contribution in [2.75, 3.05) is 6.67 Å². The Morgan fingerprint density at radius 3 is 2.90 bits per heavy atom. The fourth-order valence-electron chi connectivity index (χ4n) is 2.26. The highest BCUT2D eigenvalue weighted by Gasteiger charge is 2.16. The number of halogens is 1. The first-order valence-corrected chi connectivity index (χ1v) is 8.13. The highest BCUT2D eigenvalue weighted by atomic mass is 32.1. The third kappa shape index (κ3) is 2.09. The molecule has 0 saturated carbocycles. The van der Waals surface area contributed by atoms with E-state index in [-0.39, 0.29) is 12.1 Å². The van der Waals surface area contributed by atoms with E-state index >= 15 is 0 Å². The minimum absolute atomic E-state index is 0.0741. The van der Waals surface area contributed by atoms with Crippen LogP contribution in [0.25, 0.3) is 20.7 Å². The maximum absolute atomic E-state index is 12.7. The van der Waals surface area contributed by atoms with Crippen LogP contribution in [0.5, 0.6) is 0 Å². The Balaban J connectivity index is 2.32. The largest absolute Gasteiger partial charge is 0.293 e. The molecule has 0 N–H and O–H groups in total. The molecule has 0 unspecified atom stereocenters. The van der Waals surface area contributed by atoms with Crippen molar-refractivity contribution in [3.8, 4) is 10.4 Å². The molecule has 20 heavy (non-hydrogen) atoms. The van der Waals surface area contributed by atoms with E-state index < -0.39 is 6.67 Å². The molecule has 0 saturated heterocycles. The molecule has 0 fully saturated rings. The lowest BCUT2D eigenvalue weighted by atomic mass is 10.2. The highest BCUT2D eigenvalue weighted by Crippen LogP contribution is 2.33. The summed E-state index contributed by atoms with van der Waals surface area (Å²) in [5, 5.41) is 4.56. The van der Waals surface area contributed by atoms with Gasteiger partial charge in [-0.15, -0.1) is 22.7 Å². The van der Waals surface area contributed by atoms with Gasteiger partial charge >= 0.3 is 0 Å². The number of hydrogen-bond donors (Lipinski definition) is 0. The first-order valence-electron chi connectivity index (χ1n) is 6.37. The summed E-state index contributed by atoms with van der Waals surface area (Å²) in [6.07, 6.45) is 0.622.